The van der Waals surface area contributed by atoms with Gasteiger partial charge < -0.3 is 10.4 Å². The molecule has 0 aromatic heterocycles. The zero-order chi connectivity index (χ0) is 14.5. The molecule has 0 bridgehead atoms. The number of carbonyl (C=O) groups excluding carboxylic acids is 1. The minimum Gasteiger partial charge on any atom is -0.393 e. The number of halogens is 3. The second-order valence-electron chi connectivity index (χ2n) is 5.18. The third-order valence-corrected chi connectivity index (χ3v) is 3.77. The van der Waals surface area contributed by atoms with Crippen molar-refractivity contribution in [1.82, 2.24) is 5.32 Å². The standard InChI is InChI=1S/C13H22F3NO2/c1-2-9(18)7-8-17-12(19)10-5-3-4-6-11(10)13(14,15)16/h9-11,18H,2-8H2,1H3,(H,17,19). The summed E-state index contributed by atoms with van der Waals surface area (Å²) in [5, 5.41) is 11.9. The van der Waals surface area contributed by atoms with Gasteiger partial charge in [-0.1, -0.05) is 19.8 Å². The van der Waals surface area contributed by atoms with Gasteiger partial charge in [0.15, 0.2) is 0 Å². The van der Waals surface area contributed by atoms with Crippen molar-refractivity contribution in [3.63, 3.8) is 0 Å². The molecule has 112 valence electrons. The molecule has 1 aliphatic carbocycles. The lowest BCUT2D eigenvalue weighted by Crippen LogP contribution is -2.43. The molecule has 0 spiro atoms. The van der Waals surface area contributed by atoms with Gasteiger partial charge in [-0.2, -0.15) is 13.2 Å². The van der Waals surface area contributed by atoms with E-state index in [-0.39, 0.29) is 13.0 Å². The van der Waals surface area contributed by atoms with E-state index in [1.807, 2.05) is 6.92 Å². The molecule has 1 saturated carbocycles. The SMILES string of the molecule is CCC(O)CCNC(=O)C1CCCCC1C(F)(F)F. The Hall–Kier alpha value is -0.780. The van der Waals surface area contributed by atoms with E-state index in [0.717, 1.165) is 0 Å². The minimum atomic E-state index is -4.30. The van der Waals surface area contributed by atoms with Crippen LogP contribution in [0.25, 0.3) is 0 Å². The van der Waals surface area contributed by atoms with Crippen LogP contribution in [0, 0.1) is 11.8 Å². The zero-order valence-electron chi connectivity index (χ0n) is 11.2. The first kappa shape index (κ1) is 16.3. The number of alkyl halides is 3. The van der Waals surface area contributed by atoms with Crippen molar-refractivity contribution in [2.75, 3.05) is 6.54 Å². The summed E-state index contributed by atoms with van der Waals surface area (Å²) in [6, 6.07) is 0. The van der Waals surface area contributed by atoms with E-state index < -0.39 is 30.0 Å². The highest BCUT2D eigenvalue weighted by atomic mass is 19.4. The molecular weight excluding hydrogens is 259 g/mol. The van der Waals surface area contributed by atoms with E-state index in [1.54, 1.807) is 0 Å². The predicted octanol–water partition coefficient (Wildman–Crippen LogP) is 2.63. The average Bonchev–Trinajstić information content (AvgIpc) is 2.37. The molecule has 0 aromatic carbocycles. The van der Waals surface area contributed by atoms with Crippen molar-refractivity contribution in [2.45, 2.75) is 57.7 Å². The second kappa shape index (κ2) is 7.12. The summed E-state index contributed by atoms with van der Waals surface area (Å²) in [6.07, 6.45) is -2.32. The van der Waals surface area contributed by atoms with E-state index >= 15 is 0 Å². The maximum absolute atomic E-state index is 12.8. The van der Waals surface area contributed by atoms with Crippen molar-refractivity contribution in [3.05, 3.63) is 0 Å². The summed E-state index contributed by atoms with van der Waals surface area (Å²) in [5.41, 5.74) is 0. The maximum Gasteiger partial charge on any atom is 0.392 e. The molecule has 6 heteroatoms. The molecule has 0 aromatic rings. The number of aliphatic hydroxyl groups is 1. The van der Waals surface area contributed by atoms with E-state index in [4.69, 9.17) is 0 Å². The van der Waals surface area contributed by atoms with Crippen LogP contribution >= 0.6 is 0 Å². The molecule has 2 N–H and O–H groups in total. The molecule has 0 radical (unpaired) electrons. The predicted molar refractivity (Wildman–Crippen MR) is 65.4 cm³/mol. The lowest BCUT2D eigenvalue weighted by atomic mass is 9.78. The Morgan fingerprint density at radius 2 is 2.00 bits per heavy atom. The van der Waals surface area contributed by atoms with Gasteiger partial charge in [-0.05, 0) is 25.7 Å². The number of nitrogens with one attached hydrogen (secondary N) is 1. The molecule has 1 fully saturated rings. The first-order chi connectivity index (χ1) is 8.86. The van der Waals surface area contributed by atoms with E-state index in [0.29, 0.717) is 32.1 Å². The van der Waals surface area contributed by atoms with Gasteiger partial charge >= 0.3 is 6.18 Å². The molecular formula is C13H22F3NO2. The highest BCUT2D eigenvalue weighted by Gasteiger charge is 2.47. The van der Waals surface area contributed by atoms with Crippen LogP contribution in [0.1, 0.15) is 45.4 Å². The molecule has 3 nitrogen and oxygen atoms in total. The van der Waals surface area contributed by atoms with Gasteiger partial charge in [-0.3, -0.25) is 4.79 Å². The van der Waals surface area contributed by atoms with Crippen molar-refractivity contribution < 1.29 is 23.1 Å². The van der Waals surface area contributed by atoms with E-state index in [2.05, 4.69) is 5.32 Å². The maximum atomic E-state index is 12.8. The topological polar surface area (TPSA) is 49.3 Å². The molecule has 0 saturated heterocycles. The Bertz CT molecular complexity index is 294. The number of hydrogen-bond donors (Lipinski definition) is 2. The number of hydrogen-bond acceptors (Lipinski definition) is 2. The highest BCUT2D eigenvalue weighted by molar-refractivity contribution is 5.79. The molecule has 1 aliphatic rings. The minimum absolute atomic E-state index is 0.0408. The summed E-state index contributed by atoms with van der Waals surface area (Å²) in [7, 11) is 0. The summed E-state index contributed by atoms with van der Waals surface area (Å²) >= 11 is 0. The van der Waals surface area contributed by atoms with Gasteiger partial charge in [0, 0.05) is 12.5 Å². The normalized spacial score (nSPS) is 25.9. The molecule has 0 aliphatic heterocycles. The molecule has 1 rings (SSSR count). The molecule has 0 heterocycles. The molecule has 3 unspecified atom stereocenters. The van der Waals surface area contributed by atoms with Gasteiger partial charge in [0.05, 0.1) is 12.0 Å². The second-order valence-corrected chi connectivity index (χ2v) is 5.18. The van der Waals surface area contributed by atoms with Crippen LogP contribution in [-0.2, 0) is 4.79 Å². The Kier molecular flexibility index (Phi) is 6.10. The van der Waals surface area contributed by atoms with Crippen LogP contribution in [0.15, 0.2) is 0 Å². The first-order valence-corrected chi connectivity index (χ1v) is 6.88. The third kappa shape index (κ3) is 5.01. The highest BCUT2D eigenvalue weighted by Crippen LogP contribution is 2.41. The van der Waals surface area contributed by atoms with Crippen molar-refractivity contribution in [2.24, 2.45) is 11.8 Å². The molecule has 19 heavy (non-hydrogen) atoms. The largest absolute Gasteiger partial charge is 0.393 e. The smallest absolute Gasteiger partial charge is 0.392 e. The Morgan fingerprint density at radius 1 is 1.37 bits per heavy atom. The van der Waals surface area contributed by atoms with Crippen molar-refractivity contribution in [1.29, 1.82) is 0 Å². The van der Waals surface area contributed by atoms with Crippen LogP contribution in [-0.4, -0.2) is 29.8 Å². The summed E-state index contributed by atoms with van der Waals surface area (Å²) in [6.45, 7) is 2.04. The zero-order valence-corrected chi connectivity index (χ0v) is 11.2. The number of aliphatic hydroxyl groups excluding tert-OH is 1. The quantitative estimate of drug-likeness (QED) is 0.814. The number of amides is 1. The fourth-order valence-corrected chi connectivity index (χ4v) is 2.53. The van der Waals surface area contributed by atoms with E-state index in [9.17, 15) is 23.1 Å². The monoisotopic (exact) mass is 281 g/mol. The van der Waals surface area contributed by atoms with Crippen molar-refractivity contribution >= 4 is 5.91 Å². The third-order valence-electron chi connectivity index (χ3n) is 3.77. The van der Waals surface area contributed by atoms with Crippen LogP contribution in [0.4, 0.5) is 13.2 Å². The molecule has 3 atom stereocenters. The van der Waals surface area contributed by atoms with Crippen molar-refractivity contribution in [3.8, 4) is 0 Å². The summed E-state index contributed by atoms with van der Waals surface area (Å²) in [5.74, 6) is -3.00. The Morgan fingerprint density at radius 3 is 2.58 bits per heavy atom. The Balaban J connectivity index is 2.48. The fraction of sp³-hybridized carbons (Fsp3) is 0.923. The van der Waals surface area contributed by atoms with Crippen LogP contribution in [0.2, 0.25) is 0 Å². The van der Waals surface area contributed by atoms with Gasteiger partial charge in [0.2, 0.25) is 5.91 Å². The lowest BCUT2D eigenvalue weighted by Gasteiger charge is -2.32. The van der Waals surface area contributed by atoms with E-state index in [1.165, 1.54) is 0 Å². The van der Waals surface area contributed by atoms with Crippen LogP contribution in [0.5, 0.6) is 0 Å². The van der Waals surface area contributed by atoms with Crippen LogP contribution in [0.3, 0.4) is 0 Å². The fourth-order valence-electron chi connectivity index (χ4n) is 2.53. The van der Waals surface area contributed by atoms with Gasteiger partial charge in [-0.25, -0.2) is 0 Å². The molecule has 1 amide bonds. The summed E-state index contributed by atoms with van der Waals surface area (Å²) in [4.78, 5) is 11.8. The van der Waals surface area contributed by atoms with Gasteiger partial charge in [-0.15, -0.1) is 0 Å². The number of rotatable bonds is 5. The lowest BCUT2D eigenvalue weighted by molar-refractivity contribution is -0.198. The van der Waals surface area contributed by atoms with Crippen LogP contribution < -0.4 is 5.32 Å². The number of carbonyl (C=O) groups is 1. The summed E-state index contributed by atoms with van der Waals surface area (Å²) < 4.78 is 38.5. The first-order valence-electron chi connectivity index (χ1n) is 6.88. The average molecular weight is 281 g/mol. The Labute approximate surface area is 111 Å². The van der Waals surface area contributed by atoms with Gasteiger partial charge in [0.25, 0.3) is 0 Å². The van der Waals surface area contributed by atoms with Gasteiger partial charge in [0.1, 0.15) is 0 Å².